The first-order valence-electron chi connectivity index (χ1n) is 6.26. The maximum absolute atomic E-state index is 5.61. The highest BCUT2D eigenvalue weighted by Gasteiger charge is 2.18. The number of halogens is 1. The lowest BCUT2D eigenvalue weighted by molar-refractivity contribution is 0.171. The zero-order valence-corrected chi connectivity index (χ0v) is 12.0. The third-order valence-electron chi connectivity index (χ3n) is 3.20. The van der Waals surface area contributed by atoms with Gasteiger partial charge in [-0.15, -0.1) is 0 Å². The summed E-state index contributed by atoms with van der Waals surface area (Å²) in [5, 5.41) is 0. The van der Waals surface area contributed by atoms with Crippen LogP contribution in [-0.4, -0.2) is 18.0 Å². The Bertz CT molecular complexity index is 378. The Balaban J connectivity index is 2.15. The Morgan fingerprint density at radius 1 is 1.24 bits per heavy atom. The first-order chi connectivity index (χ1) is 8.22. The maximum atomic E-state index is 5.61. The third-order valence-corrected chi connectivity index (χ3v) is 4.45. The van der Waals surface area contributed by atoms with E-state index in [-0.39, 0.29) is 0 Å². The van der Waals surface area contributed by atoms with Crippen LogP contribution >= 0.6 is 15.9 Å². The molecule has 0 saturated heterocycles. The molecule has 2 atom stereocenters. The highest BCUT2D eigenvalue weighted by atomic mass is 79.9. The third kappa shape index (κ3) is 2.95. The van der Waals surface area contributed by atoms with Crippen LogP contribution in [0.3, 0.4) is 0 Å². The van der Waals surface area contributed by atoms with Crippen molar-refractivity contribution in [1.82, 2.24) is 0 Å². The first-order valence-corrected chi connectivity index (χ1v) is 7.17. The standard InChI is InChI=1S/C14H19BrO2/c1-3-4-12(15)10(2)11-5-6-13-14(9-11)17-8-7-16-13/h5-6,9-10,12H,3-4,7-8H2,1-2H3. The summed E-state index contributed by atoms with van der Waals surface area (Å²) >= 11 is 3.76. The predicted octanol–water partition coefficient (Wildman–Crippen LogP) is 4.12. The lowest BCUT2D eigenvalue weighted by atomic mass is 9.95. The lowest BCUT2D eigenvalue weighted by Gasteiger charge is -2.22. The van der Waals surface area contributed by atoms with Gasteiger partial charge in [-0.3, -0.25) is 0 Å². The van der Waals surface area contributed by atoms with Gasteiger partial charge in [-0.2, -0.15) is 0 Å². The Morgan fingerprint density at radius 3 is 2.65 bits per heavy atom. The Labute approximate surface area is 111 Å². The fraction of sp³-hybridized carbons (Fsp3) is 0.571. The van der Waals surface area contributed by atoms with Crippen molar-refractivity contribution >= 4 is 15.9 Å². The summed E-state index contributed by atoms with van der Waals surface area (Å²) in [6.07, 6.45) is 2.39. The van der Waals surface area contributed by atoms with Crippen molar-refractivity contribution < 1.29 is 9.47 Å². The largest absolute Gasteiger partial charge is 0.486 e. The topological polar surface area (TPSA) is 18.5 Å². The van der Waals surface area contributed by atoms with Gasteiger partial charge < -0.3 is 9.47 Å². The molecule has 0 amide bonds. The molecular weight excluding hydrogens is 280 g/mol. The van der Waals surface area contributed by atoms with Gasteiger partial charge in [0.15, 0.2) is 11.5 Å². The van der Waals surface area contributed by atoms with Gasteiger partial charge in [0.2, 0.25) is 0 Å². The van der Waals surface area contributed by atoms with E-state index in [0.29, 0.717) is 24.0 Å². The second-order valence-electron chi connectivity index (χ2n) is 4.50. The van der Waals surface area contributed by atoms with Crippen LogP contribution in [0.5, 0.6) is 11.5 Å². The molecule has 0 saturated carbocycles. The van der Waals surface area contributed by atoms with Crippen molar-refractivity contribution in [1.29, 1.82) is 0 Å². The Hall–Kier alpha value is -0.700. The molecule has 3 heteroatoms. The van der Waals surface area contributed by atoms with E-state index in [1.807, 2.05) is 6.07 Å². The molecule has 0 radical (unpaired) electrons. The van der Waals surface area contributed by atoms with Gasteiger partial charge >= 0.3 is 0 Å². The van der Waals surface area contributed by atoms with Gasteiger partial charge in [0.1, 0.15) is 13.2 Å². The minimum absolute atomic E-state index is 0.491. The van der Waals surface area contributed by atoms with Gasteiger partial charge in [-0.1, -0.05) is 42.3 Å². The zero-order valence-electron chi connectivity index (χ0n) is 10.4. The summed E-state index contributed by atoms with van der Waals surface area (Å²) < 4.78 is 11.1. The van der Waals surface area contributed by atoms with Gasteiger partial charge in [-0.05, 0) is 30.0 Å². The van der Waals surface area contributed by atoms with E-state index in [4.69, 9.17) is 9.47 Å². The molecular formula is C14H19BrO2. The number of fused-ring (bicyclic) bond motifs is 1. The monoisotopic (exact) mass is 298 g/mol. The Kier molecular flexibility index (Phi) is 4.32. The van der Waals surface area contributed by atoms with Crippen LogP contribution in [0.15, 0.2) is 18.2 Å². The van der Waals surface area contributed by atoms with Gasteiger partial charge in [0, 0.05) is 4.83 Å². The van der Waals surface area contributed by atoms with E-state index in [2.05, 4.69) is 41.9 Å². The molecule has 1 heterocycles. The molecule has 1 aromatic carbocycles. The Morgan fingerprint density at radius 2 is 1.94 bits per heavy atom. The molecule has 0 fully saturated rings. The van der Waals surface area contributed by atoms with Crippen LogP contribution in [0.1, 0.15) is 38.2 Å². The van der Waals surface area contributed by atoms with Gasteiger partial charge in [0.25, 0.3) is 0 Å². The predicted molar refractivity (Wildman–Crippen MR) is 73.5 cm³/mol. The molecule has 1 aliphatic heterocycles. The van der Waals surface area contributed by atoms with Crippen molar-refractivity contribution in [2.24, 2.45) is 0 Å². The minimum atomic E-state index is 0.491. The van der Waals surface area contributed by atoms with Gasteiger partial charge in [-0.25, -0.2) is 0 Å². The van der Waals surface area contributed by atoms with Crippen molar-refractivity contribution in [3.63, 3.8) is 0 Å². The molecule has 17 heavy (non-hydrogen) atoms. The van der Waals surface area contributed by atoms with E-state index >= 15 is 0 Å². The summed E-state index contributed by atoms with van der Waals surface area (Å²) in [6, 6.07) is 6.27. The van der Waals surface area contributed by atoms with Crippen LogP contribution in [0.4, 0.5) is 0 Å². The molecule has 2 nitrogen and oxygen atoms in total. The second kappa shape index (κ2) is 5.76. The number of rotatable bonds is 4. The highest BCUT2D eigenvalue weighted by Crippen LogP contribution is 2.35. The number of ether oxygens (including phenoxy) is 2. The van der Waals surface area contributed by atoms with Crippen molar-refractivity contribution in [2.75, 3.05) is 13.2 Å². The maximum Gasteiger partial charge on any atom is 0.161 e. The summed E-state index contributed by atoms with van der Waals surface area (Å²) in [4.78, 5) is 0.523. The molecule has 1 aromatic rings. The summed E-state index contributed by atoms with van der Waals surface area (Å²) in [6.45, 7) is 5.77. The molecule has 2 unspecified atom stereocenters. The number of benzene rings is 1. The average Bonchev–Trinajstić information content (AvgIpc) is 2.37. The molecule has 94 valence electrons. The van der Waals surface area contributed by atoms with Gasteiger partial charge in [0.05, 0.1) is 0 Å². The lowest BCUT2D eigenvalue weighted by Crippen LogP contribution is -2.16. The minimum Gasteiger partial charge on any atom is -0.486 e. The van der Waals surface area contributed by atoms with Crippen LogP contribution in [0, 0.1) is 0 Å². The van der Waals surface area contributed by atoms with Crippen LogP contribution in [-0.2, 0) is 0 Å². The van der Waals surface area contributed by atoms with Crippen LogP contribution < -0.4 is 9.47 Å². The normalized spacial score (nSPS) is 17.6. The highest BCUT2D eigenvalue weighted by molar-refractivity contribution is 9.09. The summed E-state index contributed by atoms with van der Waals surface area (Å²) in [5.41, 5.74) is 1.31. The number of hydrogen-bond acceptors (Lipinski definition) is 2. The van der Waals surface area contributed by atoms with E-state index in [0.717, 1.165) is 11.5 Å². The second-order valence-corrected chi connectivity index (χ2v) is 5.67. The molecule has 0 bridgehead atoms. The van der Waals surface area contributed by atoms with Crippen LogP contribution in [0.25, 0.3) is 0 Å². The molecule has 1 aliphatic rings. The molecule has 0 N–H and O–H groups in total. The zero-order chi connectivity index (χ0) is 12.3. The fourth-order valence-corrected chi connectivity index (χ4v) is 2.84. The quantitative estimate of drug-likeness (QED) is 0.778. The van der Waals surface area contributed by atoms with E-state index < -0.39 is 0 Å². The molecule has 0 aliphatic carbocycles. The van der Waals surface area contributed by atoms with Crippen LogP contribution in [0.2, 0.25) is 0 Å². The van der Waals surface area contributed by atoms with Crippen molar-refractivity contribution in [2.45, 2.75) is 37.4 Å². The molecule has 0 spiro atoms. The summed E-state index contributed by atoms with van der Waals surface area (Å²) in [7, 11) is 0. The summed E-state index contributed by atoms with van der Waals surface area (Å²) in [5.74, 6) is 2.25. The average molecular weight is 299 g/mol. The van der Waals surface area contributed by atoms with E-state index in [1.54, 1.807) is 0 Å². The smallest absolute Gasteiger partial charge is 0.161 e. The molecule has 0 aromatic heterocycles. The first kappa shape index (κ1) is 12.7. The van der Waals surface area contributed by atoms with E-state index in [9.17, 15) is 0 Å². The number of alkyl halides is 1. The van der Waals surface area contributed by atoms with Crippen molar-refractivity contribution in [3.8, 4) is 11.5 Å². The van der Waals surface area contributed by atoms with Crippen molar-refractivity contribution in [3.05, 3.63) is 23.8 Å². The SMILES string of the molecule is CCCC(Br)C(C)c1ccc2c(c1)OCCO2. The van der Waals surface area contributed by atoms with E-state index in [1.165, 1.54) is 18.4 Å². The molecule has 2 rings (SSSR count). The number of hydrogen-bond donors (Lipinski definition) is 0. The fourth-order valence-electron chi connectivity index (χ4n) is 2.08.